The molecule has 164 valence electrons. The van der Waals surface area contributed by atoms with Crippen LogP contribution in [-0.4, -0.2) is 68.8 Å². The van der Waals surface area contributed by atoms with E-state index >= 15 is 0 Å². The fourth-order valence-electron chi connectivity index (χ4n) is 2.92. The van der Waals surface area contributed by atoms with Crippen molar-refractivity contribution in [1.82, 2.24) is 15.2 Å². The van der Waals surface area contributed by atoms with Crippen LogP contribution >= 0.6 is 34.7 Å². The van der Waals surface area contributed by atoms with Gasteiger partial charge in [-0.25, -0.2) is 9.78 Å². The van der Waals surface area contributed by atoms with E-state index in [2.05, 4.69) is 25.5 Å². The van der Waals surface area contributed by atoms with Crippen molar-refractivity contribution >= 4 is 63.3 Å². The fourth-order valence-corrected chi connectivity index (χ4v) is 5.18. The van der Waals surface area contributed by atoms with Crippen LogP contribution in [-0.2, 0) is 19.2 Å². The number of carbonyl (C=O) groups is 3. The summed E-state index contributed by atoms with van der Waals surface area (Å²) in [5, 5.41) is 18.7. The average Bonchev–Trinajstić information content (AvgIpc) is 3.07. The molecule has 3 heterocycles. The number of aliphatic carboxylic acids is 1. The van der Waals surface area contributed by atoms with E-state index in [-0.39, 0.29) is 45.5 Å². The van der Waals surface area contributed by atoms with Gasteiger partial charge in [-0.2, -0.15) is 0 Å². The summed E-state index contributed by atoms with van der Waals surface area (Å²) in [7, 11) is 0. The molecule has 2 atom stereocenters. The number of thioether (sulfide) groups is 1. The maximum Gasteiger partial charge on any atom is 0.352 e. The van der Waals surface area contributed by atoms with Crippen LogP contribution in [0.2, 0.25) is 4.34 Å². The molecule has 0 aromatic carbocycles. The number of anilines is 1. The number of carboxylic acids is 1. The summed E-state index contributed by atoms with van der Waals surface area (Å²) < 4.78 is 0.124. The first-order chi connectivity index (χ1) is 14.8. The molecule has 2 aliphatic rings. The molecule has 0 spiro atoms. The number of nitrogen functional groups attached to an aromatic ring is 1. The minimum atomic E-state index is -1.32. The maximum atomic E-state index is 12.8. The lowest BCUT2D eigenvalue weighted by Gasteiger charge is -2.49. The molecule has 1 fully saturated rings. The Morgan fingerprint density at radius 2 is 2.29 bits per heavy atom. The van der Waals surface area contributed by atoms with Crippen molar-refractivity contribution in [3.05, 3.63) is 31.7 Å². The summed E-state index contributed by atoms with van der Waals surface area (Å²) in [5.41, 5.74) is 13.9. The first kappa shape index (κ1) is 22.7. The molecule has 0 radical (unpaired) electrons. The predicted octanol–water partition coefficient (Wildman–Crippen LogP) is 1.17. The predicted molar refractivity (Wildman–Crippen MR) is 113 cm³/mol. The van der Waals surface area contributed by atoms with Crippen molar-refractivity contribution in [3.8, 4) is 0 Å². The van der Waals surface area contributed by atoms with Gasteiger partial charge in [-0.3, -0.25) is 14.5 Å². The van der Waals surface area contributed by atoms with Gasteiger partial charge in [-0.1, -0.05) is 33.2 Å². The Morgan fingerprint density at radius 3 is 2.87 bits per heavy atom. The molecule has 1 unspecified atom stereocenters. The Hall–Kier alpha value is -3.00. The molecular weight excluding hydrogens is 472 g/mol. The van der Waals surface area contributed by atoms with Crippen LogP contribution in [0.25, 0.3) is 10.4 Å². The van der Waals surface area contributed by atoms with Crippen molar-refractivity contribution in [1.29, 1.82) is 0 Å². The largest absolute Gasteiger partial charge is 0.477 e. The van der Waals surface area contributed by atoms with Gasteiger partial charge in [0.05, 0.1) is 6.54 Å². The fraction of sp³-hybridized carbons (Fsp3) is 0.400. The van der Waals surface area contributed by atoms with E-state index in [1.54, 1.807) is 6.92 Å². The van der Waals surface area contributed by atoms with Crippen molar-refractivity contribution in [2.75, 3.05) is 24.6 Å². The number of rotatable bonds is 8. The number of aromatic nitrogens is 1. The summed E-state index contributed by atoms with van der Waals surface area (Å²) in [6, 6.07) is -1.01. The number of halogens is 1. The first-order valence-corrected chi connectivity index (χ1v) is 10.9. The van der Waals surface area contributed by atoms with Crippen molar-refractivity contribution < 1.29 is 24.3 Å². The quantitative estimate of drug-likeness (QED) is 0.121. The third kappa shape index (κ3) is 4.39. The monoisotopic (exact) mass is 486 g/mol. The van der Waals surface area contributed by atoms with Crippen LogP contribution in [0.15, 0.2) is 21.5 Å². The minimum absolute atomic E-state index is 0.0119. The van der Waals surface area contributed by atoms with Gasteiger partial charge in [-0.15, -0.1) is 11.8 Å². The van der Waals surface area contributed by atoms with Crippen LogP contribution in [0.5, 0.6) is 0 Å². The number of nitrogens with one attached hydrogen (secondary N) is 1. The number of carbonyl (C=O) groups excluding carboxylic acids is 2. The lowest BCUT2D eigenvalue weighted by molar-refractivity contribution is -0.150. The molecule has 13 nitrogen and oxygen atoms in total. The van der Waals surface area contributed by atoms with Crippen LogP contribution in [0.3, 0.4) is 0 Å². The summed E-state index contributed by atoms with van der Waals surface area (Å²) in [6.45, 7) is 1.66. The second-order valence-corrected chi connectivity index (χ2v) is 8.78. The second kappa shape index (κ2) is 9.43. The van der Waals surface area contributed by atoms with Crippen molar-refractivity contribution in [2.24, 2.45) is 10.3 Å². The molecule has 31 heavy (non-hydrogen) atoms. The summed E-state index contributed by atoms with van der Waals surface area (Å²) in [4.78, 5) is 49.8. The van der Waals surface area contributed by atoms with Crippen LogP contribution in [0.4, 0.5) is 5.13 Å². The summed E-state index contributed by atoms with van der Waals surface area (Å²) in [6.07, 6.45) is 0. The Balaban J connectivity index is 1.82. The number of β-lactam (4-membered cyclic amide) rings is 1. The van der Waals surface area contributed by atoms with Gasteiger partial charge in [0.1, 0.15) is 33.7 Å². The smallest absolute Gasteiger partial charge is 0.352 e. The summed E-state index contributed by atoms with van der Waals surface area (Å²) in [5.74, 6) is -2.51. The molecule has 0 saturated carbocycles. The number of oxime groups is 1. The lowest BCUT2D eigenvalue weighted by Crippen LogP contribution is -2.71. The highest BCUT2D eigenvalue weighted by molar-refractivity contribution is 8.00. The van der Waals surface area contributed by atoms with E-state index in [4.69, 9.17) is 27.7 Å². The van der Waals surface area contributed by atoms with Crippen LogP contribution in [0, 0.1) is 0 Å². The molecule has 16 heteroatoms. The second-order valence-electron chi connectivity index (χ2n) is 6.04. The molecule has 2 amide bonds. The molecule has 3 rings (SSSR count). The van der Waals surface area contributed by atoms with Crippen LogP contribution in [0.1, 0.15) is 12.6 Å². The zero-order valence-electron chi connectivity index (χ0n) is 15.8. The number of nitrogens with zero attached hydrogens (tertiary/aromatic N) is 6. The average molecular weight is 487 g/mol. The highest BCUT2D eigenvalue weighted by Crippen LogP contribution is 2.40. The molecule has 1 saturated heterocycles. The molecule has 1 aromatic heterocycles. The zero-order valence-corrected chi connectivity index (χ0v) is 18.2. The number of azide groups is 1. The number of nitrogens with two attached hydrogens (primary N) is 1. The highest BCUT2D eigenvalue weighted by atomic mass is 35.5. The van der Waals surface area contributed by atoms with Gasteiger partial charge in [0.2, 0.25) is 0 Å². The number of carboxylic acid groups (broad SMARTS) is 1. The number of thiazole rings is 1. The van der Waals surface area contributed by atoms with Gasteiger partial charge < -0.3 is 21.0 Å². The van der Waals surface area contributed by atoms with Gasteiger partial charge in [0, 0.05) is 10.7 Å². The van der Waals surface area contributed by atoms with E-state index in [9.17, 15) is 19.5 Å². The van der Waals surface area contributed by atoms with Gasteiger partial charge >= 0.3 is 5.97 Å². The van der Waals surface area contributed by atoms with E-state index < -0.39 is 29.2 Å². The number of fused-ring (bicyclic) bond motifs is 1. The van der Waals surface area contributed by atoms with E-state index in [0.717, 1.165) is 16.2 Å². The van der Waals surface area contributed by atoms with Gasteiger partial charge in [-0.05, 0) is 18.0 Å². The van der Waals surface area contributed by atoms with E-state index in [1.807, 2.05) is 0 Å². The molecule has 0 aliphatic carbocycles. The Bertz CT molecular complexity index is 1050. The van der Waals surface area contributed by atoms with E-state index in [1.165, 1.54) is 11.8 Å². The topological polar surface area (TPSA) is 196 Å². The Morgan fingerprint density at radius 1 is 1.55 bits per heavy atom. The van der Waals surface area contributed by atoms with E-state index in [0.29, 0.717) is 5.57 Å². The third-order valence-corrected chi connectivity index (χ3v) is 6.61. The Kier molecular flexibility index (Phi) is 6.90. The minimum Gasteiger partial charge on any atom is -0.477 e. The van der Waals surface area contributed by atoms with Gasteiger partial charge in [0.15, 0.2) is 10.8 Å². The standard InChI is InChI=1S/C15H15ClN8O5S2/c1-2-29-22-7(6-10(16)31-15(17)21-6)11(25)20-8-12(26)24-9(14(27)28)5(3-19-23-18)4-30-13(8)24/h8,13H,2-4H2,1H3,(H2,17,21)(H,20,25)(H,27,28)/t8?,13-/m0/s1. The zero-order chi connectivity index (χ0) is 22.7. The van der Waals surface area contributed by atoms with Crippen molar-refractivity contribution in [2.45, 2.75) is 18.3 Å². The van der Waals surface area contributed by atoms with Crippen molar-refractivity contribution in [3.63, 3.8) is 0 Å². The molecule has 0 bridgehead atoms. The van der Waals surface area contributed by atoms with Gasteiger partial charge in [0.25, 0.3) is 11.8 Å². The highest BCUT2D eigenvalue weighted by Gasteiger charge is 2.54. The lowest BCUT2D eigenvalue weighted by atomic mass is 10.0. The first-order valence-electron chi connectivity index (χ1n) is 8.63. The summed E-state index contributed by atoms with van der Waals surface area (Å²) >= 11 is 8.25. The maximum absolute atomic E-state index is 12.8. The van der Waals surface area contributed by atoms with Crippen LogP contribution < -0.4 is 11.1 Å². The SMILES string of the molecule is CCON=C(C(=O)NC1C(=O)N2C(C(=O)O)=C(CN=[N+]=[N-])CS[C@@H]12)c1nc(N)sc1Cl. The molecule has 1 aromatic rings. The molecule has 4 N–H and O–H groups in total. The Labute approximate surface area is 187 Å². The number of hydrogen-bond acceptors (Lipinski definition) is 10. The number of hydrogen-bond donors (Lipinski definition) is 3. The third-order valence-electron chi connectivity index (χ3n) is 4.19. The number of amides is 2. The molecular formula is C15H15ClN8O5S2. The molecule has 2 aliphatic heterocycles. The normalized spacial score (nSPS) is 20.5.